The SMILES string of the molecule is CN(Cc1cccc(NC(=O)C2CCN(C(=O)C3CC3)CC2)c1)C(=O)OC(C)(C)C. The predicted molar refractivity (Wildman–Crippen MR) is 115 cm³/mol. The summed E-state index contributed by atoms with van der Waals surface area (Å²) < 4.78 is 5.38. The number of carbonyl (C=O) groups is 3. The van der Waals surface area contributed by atoms with Crippen LogP contribution in [0.25, 0.3) is 0 Å². The van der Waals surface area contributed by atoms with Crippen molar-refractivity contribution < 1.29 is 19.1 Å². The van der Waals surface area contributed by atoms with Gasteiger partial charge < -0.3 is 19.9 Å². The number of piperidine rings is 1. The number of likely N-dealkylation sites (tertiary alicyclic amines) is 1. The van der Waals surface area contributed by atoms with Gasteiger partial charge in [0.15, 0.2) is 0 Å². The van der Waals surface area contributed by atoms with Crippen molar-refractivity contribution in [3.8, 4) is 0 Å². The van der Waals surface area contributed by atoms with Crippen LogP contribution < -0.4 is 5.32 Å². The van der Waals surface area contributed by atoms with Gasteiger partial charge in [-0.15, -0.1) is 0 Å². The molecule has 0 bridgehead atoms. The number of amides is 3. The predicted octanol–water partition coefficient (Wildman–Crippen LogP) is 3.64. The maximum Gasteiger partial charge on any atom is 0.410 e. The van der Waals surface area contributed by atoms with Crippen molar-refractivity contribution in [2.24, 2.45) is 11.8 Å². The van der Waals surface area contributed by atoms with Crippen molar-refractivity contribution in [1.82, 2.24) is 9.80 Å². The summed E-state index contributed by atoms with van der Waals surface area (Å²) in [5.41, 5.74) is 1.08. The maximum atomic E-state index is 12.7. The molecule has 1 N–H and O–H groups in total. The number of nitrogens with one attached hydrogen (secondary N) is 1. The lowest BCUT2D eigenvalue weighted by atomic mass is 9.95. The van der Waals surface area contributed by atoms with Gasteiger partial charge >= 0.3 is 6.09 Å². The molecule has 0 atom stereocenters. The van der Waals surface area contributed by atoms with E-state index >= 15 is 0 Å². The number of anilines is 1. The van der Waals surface area contributed by atoms with Crippen molar-refractivity contribution in [1.29, 1.82) is 0 Å². The second-order valence-corrected chi connectivity index (χ2v) is 9.40. The zero-order valence-electron chi connectivity index (χ0n) is 18.4. The van der Waals surface area contributed by atoms with Gasteiger partial charge in [-0.2, -0.15) is 0 Å². The molecule has 164 valence electrons. The molecule has 2 fully saturated rings. The first-order valence-corrected chi connectivity index (χ1v) is 10.7. The van der Waals surface area contributed by atoms with E-state index in [9.17, 15) is 14.4 Å². The summed E-state index contributed by atoms with van der Waals surface area (Å²) in [6.45, 7) is 7.21. The molecule has 1 heterocycles. The Hall–Kier alpha value is -2.57. The smallest absolute Gasteiger partial charge is 0.410 e. The number of rotatable bonds is 5. The Morgan fingerprint density at radius 3 is 2.37 bits per heavy atom. The quantitative estimate of drug-likeness (QED) is 0.796. The normalized spacial score (nSPS) is 17.4. The summed E-state index contributed by atoms with van der Waals surface area (Å²) in [5, 5.41) is 2.99. The molecular formula is C23H33N3O4. The zero-order chi connectivity index (χ0) is 21.9. The van der Waals surface area contributed by atoms with E-state index in [-0.39, 0.29) is 29.7 Å². The third-order valence-corrected chi connectivity index (χ3v) is 5.42. The van der Waals surface area contributed by atoms with Crippen LogP contribution in [0.2, 0.25) is 0 Å². The second-order valence-electron chi connectivity index (χ2n) is 9.40. The topological polar surface area (TPSA) is 79.0 Å². The van der Waals surface area contributed by atoms with Gasteiger partial charge in [0.2, 0.25) is 11.8 Å². The van der Waals surface area contributed by atoms with E-state index in [4.69, 9.17) is 4.74 Å². The summed E-state index contributed by atoms with van der Waals surface area (Å²) in [6.07, 6.45) is 3.04. The lowest BCUT2D eigenvalue weighted by Gasteiger charge is -2.31. The Bertz CT molecular complexity index is 790. The van der Waals surface area contributed by atoms with Crippen molar-refractivity contribution in [3.63, 3.8) is 0 Å². The van der Waals surface area contributed by atoms with Crippen LogP contribution in [-0.2, 0) is 20.9 Å². The van der Waals surface area contributed by atoms with Gasteiger partial charge in [0.05, 0.1) is 0 Å². The average Bonchev–Trinajstić information content (AvgIpc) is 3.51. The van der Waals surface area contributed by atoms with E-state index in [1.807, 2.05) is 49.9 Å². The summed E-state index contributed by atoms with van der Waals surface area (Å²) in [5.74, 6) is 0.403. The minimum Gasteiger partial charge on any atom is -0.444 e. The molecule has 7 heteroatoms. The molecule has 2 aliphatic rings. The Morgan fingerprint density at radius 1 is 1.10 bits per heavy atom. The molecule has 30 heavy (non-hydrogen) atoms. The molecule has 1 aliphatic carbocycles. The van der Waals surface area contributed by atoms with Crippen molar-refractivity contribution >= 4 is 23.6 Å². The van der Waals surface area contributed by atoms with Crippen LogP contribution in [0.5, 0.6) is 0 Å². The van der Waals surface area contributed by atoms with Crippen molar-refractivity contribution in [2.45, 2.75) is 58.6 Å². The molecule has 0 spiro atoms. The van der Waals surface area contributed by atoms with Gasteiger partial charge in [-0.25, -0.2) is 4.79 Å². The van der Waals surface area contributed by atoms with Gasteiger partial charge in [0.1, 0.15) is 5.60 Å². The van der Waals surface area contributed by atoms with E-state index in [0.717, 1.165) is 18.4 Å². The Labute approximate surface area is 178 Å². The summed E-state index contributed by atoms with van der Waals surface area (Å²) in [7, 11) is 1.69. The molecule has 1 aromatic rings. The van der Waals surface area contributed by atoms with E-state index in [0.29, 0.717) is 38.2 Å². The molecule has 1 saturated carbocycles. The van der Waals surface area contributed by atoms with E-state index in [1.54, 1.807) is 7.05 Å². The third-order valence-electron chi connectivity index (χ3n) is 5.42. The van der Waals surface area contributed by atoms with Gasteiger partial charge in [-0.1, -0.05) is 12.1 Å². The molecule has 1 aromatic carbocycles. The molecule has 1 saturated heterocycles. The largest absolute Gasteiger partial charge is 0.444 e. The molecule has 0 unspecified atom stereocenters. The highest BCUT2D eigenvalue weighted by molar-refractivity contribution is 5.93. The van der Waals surface area contributed by atoms with Gasteiger partial charge in [-0.3, -0.25) is 9.59 Å². The number of hydrogen-bond acceptors (Lipinski definition) is 4. The highest BCUT2D eigenvalue weighted by Gasteiger charge is 2.36. The summed E-state index contributed by atoms with van der Waals surface area (Å²) >= 11 is 0. The van der Waals surface area contributed by atoms with E-state index in [2.05, 4.69) is 5.32 Å². The summed E-state index contributed by atoms with van der Waals surface area (Å²) in [6, 6.07) is 7.51. The monoisotopic (exact) mass is 415 g/mol. The fourth-order valence-electron chi connectivity index (χ4n) is 3.62. The van der Waals surface area contributed by atoms with Crippen LogP contribution in [-0.4, -0.2) is 53.4 Å². The van der Waals surface area contributed by atoms with Crippen LogP contribution >= 0.6 is 0 Å². The molecule has 0 radical (unpaired) electrons. The van der Waals surface area contributed by atoms with E-state index < -0.39 is 5.60 Å². The number of hydrogen-bond donors (Lipinski definition) is 1. The molecule has 7 nitrogen and oxygen atoms in total. The number of nitrogens with zero attached hydrogens (tertiary/aromatic N) is 2. The average molecular weight is 416 g/mol. The minimum atomic E-state index is -0.542. The first-order chi connectivity index (χ1) is 14.1. The third kappa shape index (κ3) is 6.21. The first kappa shape index (κ1) is 22.1. The highest BCUT2D eigenvalue weighted by Crippen LogP contribution is 2.32. The van der Waals surface area contributed by atoms with Crippen LogP contribution in [0, 0.1) is 11.8 Å². The Balaban J connectivity index is 1.50. The van der Waals surface area contributed by atoms with Crippen LogP contribution in [0.15, 0.2) is 24.3 Å². The van der Waals surface area contributed by atoms with E-state index in [1.165, 1.54) is 4.90 Å². The van der Waals surface area contributed by atoms with Crippen molar-refractivity contribution in [2.75, 3.05) is 25.5 Å². The van der Waals surface area contributed by atoms with Crippen LogP contribution in [0.3, 0.4) is 0 Å². The molecule has 3 rings (SSSR count). The van der Waals surface area contributed by atoms with Gasteiger partial charge in [0.25, 0.3) is 0 Å². The lowest BCUT2D eigenvalue weighted by Crippen LogP contribution is -2.42. The number of ether oxygens (including phenoxy) is 1. The Kier molecular flexibility index (Phi) is 6.68. The molecule has 0 aromatic heterocycles. The summed E-state index contributed by atoms with van der Waals surface area (Å²) in [4.78, 5) is 40.4. The first-order valence-electron chi connectivity index (χ1n) is 10.7. The number of carbonyl (C=O) groups excluding carboxylic acids is 3. The Morgan fingerprint density at radius 2 is 1.77 bits per heavy atom. The molecule has 3 amide bonds. The van der Waals surface area contributed by atoms with Crippen LogP contribution in [0.4, 0.5) is 10.5 Å². The second kappa shape index (κ2) is 9.06. The fourth-order valence-corrected chi connectivity index (χ4v) is 3.62. The molecule has 1 aliphatic heterocycles. The van der Waals surface area contributed by atoms with Crippen LogP contribution in [0.1, 0.15) is 52.0 Å². The maximum absolute atomic E-state index is 12.7. The number of benzene rings is 1. The zero-order valence-corrected chi connectivity index (χ0v) is 18.4. The molecular weight excluding hydrogens is 382 g/mol. The standard InChI is InChI=1S/C23H33N3O4/c1-23(2,3)30-22(29)25(4)15-16-6-5-7-19(14-16)24-20(27)17-10-12-26(13-11-17)21(28)18-8-9-18/h5-7,14,17-18H,8-13,15H2,1-4H3,(H,24,27). The minimum absolute atomic E-state index is 0.00818. The lowest BCUT2D eigenvalue weighted by molar-refractivity contribution is -0.135. The fraction of sp³-hybridized carbons (Fsp3) is 0.609. The highest BCUT2D eigenvalue weighted by atomic mass is 16.6. The van der Waals surface area contributed by atoms with Crippen molar-refractivity contribution in [3.05, 3.63) is 29.8 Å². The van der Waals surface area contributed by atoms with Gasteiger partial charge in [0, 0.05) is 44.2 Å². The van der Waals surface area contributed by atoms with Gasteiger partial charge in [-0.05, 0) is 64.2 Å².